The van der Waals surface area contributed by atoms with Gasteiger partial charge in [0.15, 0.2) is 0 Å². The van der Waals surface area contributed by atoms with E-state index in [1.807, 2.05) is 47.0 Å². The summed E-state index contributed by atoms with van der Waals surface area (Å²) in [5.41, 5.74) is 4.94. The molecule has 0 spiro atoms. The zero-order valence-electron chi connectivity index (χ0n) is 18.7. The molecule has 1 aliphatic heterocycles. The van der Waals surface area contributed by atoms with Gasteiger partial charge in [0.2, 0.25) is 0 Å². The second-order valence-electron chi connectivity index (χ2n) is 8.44. The van der Waals surface area contributed by atoms with Gasteiger partial charge in [0.25, 0.3) is 11.5 Å². The molecule has 4 heterocycles. The first-order chi connectivity index (χ1) is 16.1. The first-order valence-corrected chi connectivity index (χ1v) is 11.2. The van der Waals surface area contributed by atoms with Crippen molar-refractivity contribution in [2.75, 3.05) is 26.3 Å². The SMILES string of the molecule is C=CCCn1cc(Cc2cc(C(=O)N3CCOCC3)cc3c2ncn3C)c2cc[nH]c2c1=O. The Bertz CT molecular complexity index is 1400. The van der Waals surface area contributed by atoms with Gasteiger partial charge in [-0.15, -0.1) is 6.58 Å². The Kier molecular flexibility index (Phi) is 5.60. The molecule has 4 aromatic rings. The molecular formula is C25H27N5O3. The number of aromatic nitrogens is 4. The van der Waals surface area contributed by atoms with Crippen LogP contribution >= 0.6 is 0 Å². The lowest BCUT2D eigenvalue weighted by molar-refractivity contribution is 0.0303. The van der Waals surface area contributed by atoms with Crippen molar-refractivity contribution in [3.8, 4) is 0 Å². The van der Waals surface area contributed by atoms with Crippen molar-refractivity contribution in [2.24, 2.45) is 7.05 Å². The monoisotopic (exact) mass is 445 g/mol. The van der Waals surface area contributed by atoms with Crippen LogP contribution in [0.2, 0.25) is 0 Å². The van der Waals surface area contributed by atoms with Gasteiger partial charge in [-0.1, -0.05) is 6.08 Å². The molecule has 8 nitrogen and oxygen atoms in total. The highest BCUT2D eigenvalue weighted by molar-refractivity contribution is 5.98. The van der Waals surface area contributed by atoms with Gasteiger partial charge < -0.3 is 23.8 Å². The number of rotatable bonds is 6. The van der Waals surface area contributed by atoms with Crippen molar-refractivity contribution in [1.29, 1.82) is 0 Å². The number of amides is 1. The van der Waals surface area contributed by atoms with Gasteiger partial charge in [-0.05, 0) is 35.7 Å². The Morgan fingerprint density at radius 2 is 2.09 bits per heavy atom. The largest absolute Gasteiger partial charge is 0.378 e. The highest BCUT2D eigenvalue weighted by Crippen LogP contribution is 2.26. The van der Waals surface area contributed by atoms with Crippen molar-refractivity contribution in [1.82, 2.24) is 24.0 Å². The lowest BCUT2D eigenvalue weighted by Gasteiger charge is -2.27. The number of nitrogens with one attached hydrogen (secondary N) is 1. The van der Waals surface area contributed by atoms with Gasteiger partial charge in [0, 0.05) is 56.4 Å². The molecule has 0 radical (unpaired) electrons. The molecule has 0 atom stereocenters. The van der Waals surface area contributed by atoms with Gasteiger partial charge in [-0.25, -0.2) is 4.98 Å². The van der Waals surface area contributed by atoms with E-state index in [2.05, 4.69) is 16.5 Å². The molecule has 0 unspecified atom stereocenters. The van der Waals surface area contributed by atoms with Crippen LogP contribution < -0.4 is 5.56 Å². The van der Waals surface area contributed by atoms with Crippen LogP contribution in [0.1, 0.15) is 27.9 Å². The summed E-state index contributed by atoms with van der Waals surface area (Å²) in [6, 6.07) is 5.80. The minimum absolute atomic E-state index is 0.00499. The highest BCUT2D eigenvalue weighted by Gasteiger charge is 2.21. The van der Waals surface area contributed by atoms with E-state index < -0.39 is 0 Å². The Balaban J connectivity index is 1.60. The molecule has 1 amide bonds. The summed E-state index contributed by atoms with van der Waals surface area (Å²) in [6.07, 6.45) is 8.56. The molecule has 1 aliphatic rings. The molecule has 1 saturated heterocycles. The summed E-state index contributed by atoms with van der Waals surface area (Å²) in [7, 11) is 1.93. The maximum absolute atomic E-state index is 13.3. The second-order valence-corrected chi connectivity index (χ2v) is 8.44. The number of nitrogens with zero attached hydrogens (tertiary/aromatic N) is 4. The summed E-state index contributed by atoms with van der Waals surface area (Å²) < 4.78 is 9.07. The maximum atomic E-state index is 13.3. The van der Waals surface area contributed by atoms with Crippen molar-refractivity contribution >= 4 is 27.8 Å². The van der Waals surface area contributed by atoms with Crippen molar-refractivity contribution in [3.05, 3.63) is 76.6 Å². The number of benzene rings is 1. The van der Waals surface area contributed by atoms with E-state index >= 15 is 0 Å². The maximum Gasteiger partial charge on any atom is 0.274 e. The predicted octanol–water partition coefficient (Wildman–Crippen LogP) is 2.86. The molecule has 1 fully saturated rings. The number of fused-ring (bicyclic) bond motifs is 2. The van der Waals surface area contributed by atoms with E-state index in [1.165, 1.54) is 0 Å². The number of aryl methyl sites for hydroxylation is 2. The minimum atomic E-state index is -0.0418. The van der Waals surface area contributed by atoms with Gasteiger partial charge in [0.05, 0.1) is 30.6 Å². The molecule has 1 N–H and O–H groups in total. The van der Waals surface area contributed by atoms with Gasteiger partial charge in [-0.2, -0.15) is 0 Å². The van der Waals surface area contributed by atoms with Crippen LogP contribution in [0.25, 0.3) is 21.9 Å². The van der Waals surface area contributed by atoms with Gasteiger partial charge in [-0.3, -0.25) is 9.59 Å². The van der Waals surface area contributed by atoms with E-state index in [-0.39, 0.29) is 11.5 Å². The van der Waals surface area contributed by atoms with Crippen LogP contribution in [0.3, 0.4) is 0 Å². The Morgan fingerprint density at radius 1 is 1.27 bits per heavy atom. The van der Waals surface area contributed by atoms with Crippen LogP contribution in [0.15, 0.2) is 54.4 Å². The zero-order chi connectivity index (χ0) is 22.9. The van der Waals surface area contributed by atoms with Crippen molar-refractivity contribution in [3.63, 3.8) is 0 Å². The number of carbonyl (C=O) groups excluding carboxylic acids is 1. The number of morpholine rings is 1. The number of hydrogen-bond donors (Lipinski definition) is 1. The summed E-state index contributed by atoms with van der Waals surface area (Å²) in [6.45, 7) is 6.65. The zero-order valence-corrected chi connectivity index (χ0v) is 18.7. The Morgan fingerprint density at radius 3 is 2.88 bits per heavy atom. The number of ether oxygens (including phenoxy) is 1. The molecule has 5 rings (SSSR count). The highest BCUT2D eigenvalue weighted by atomic mass is 16.5. The summed E-state index contributed by atoms with van der Waals surface area (Å²) >= 11 is 0. The number of pyridine rings is 1. The molecule has 3 aromatic heterocycles. The van der Waals surface area contributed by atoms with E-state index in [0.717, 1.165) is 27.5 Å². The van der Waals surface area contributed by atoms with Crippen molar-refractivity contribution < 1.29 is 9.53 Å². The van der Waals surface area contributed by atoms with E-state index in [0.29, 0.717) is 56.8 Å². The molecule has 0 bridgehead atoms. The standard InChI is InChI=1S/C25H27N5O3/c1-3-4-7-30-15-19(20-5-6-26-23(20)25(30)32)13-17-12-18(14-21-22(17)27-16-28(21)2)24(31)29-8-10-33-11-9-29/h3,5-6,12,14-16,26H,1,4,7-11,13H2,2H3. The summed E-state index contributed by atoms with van der Waals surface area (Å²) in [4.78, 5) is 35.7. The predicted molar refractivity (Wildman–Crippen MR) is 128 cm³/mol. The Hall–Kier alpha value is -3.65. The van der Waals surface area contributed by atoms with Crippen LogP contribution in [-0.2, 0) is 24.8 Å². The number of imidazole rings is 1. The average molecular weight is 446 g/mol. The van der Waals surface area contributed by atoms with E-state index in [9.17, 15) is 9.59 Å². The van der Waals surface area contributed by atoms with Crippen LogP contribution in [0, 0.1) is 0 Å². The molecule has 0 saturated carbocycles. The first kappa shape index (κ1) is 21.2. The van der Waals surface area contributed by atoms with Crippen LogP contribution in [0.4, 0.5) is 0 Å². The third-order valence-corrected chi connectivity index (χ3v) is 6.29. The lowest BCUT2D eigenvalue weighted by atomic mass is 9.99. The van der Waals surface area contributed by atoms with Gasteiger partial charge >= 0.3 is 0 Å². The number of H-pyrrole nitrogens is 1. The van der Waals surface area contributed by atoms with Crippen molar-refractivity contribution in [2.45, 2.75) is 19.4 Å². The molecular weight excluding hydrogens is 418 g/mol. The third-order valence-electron chi connectivity index (χ3n) is 6.29. The molecule has 1 aromatic carbocycles. The molecule has 33 heavy (non-hydrogen) atoms. The fourth-order valence-corrected chi connectivity index (χ4v) is 4.53. The Labute approximate surface area is 191 Å². The quantitative estimate of drug-likeness (QED) is 0.463. The van der Waals surface area contributed by atoms with Crippen LogP contribution in [-0.4, -0.2) is 56.2 Å². The fraction of sp³-hybridized carbons (Fsp3) is 0.320. The number of allylic oxidation sites excluding steroid dienone is 1. The fourth-order valence-electron chi connectivity index (χ4n) is 4.53. The number of hydrogen-bond acceptors (Lipinski definition) is 4. The second kappa shape index (κ2) is 8.71. The van der Waals surface area contributed by atoms with Crippen LogP contribution in [0.5, 0.6) is 0 Å². The summed E-state index contributed by atoms with van der Waals surface area (Å²) in [5.74, 6) is 0.00499. The number of carbonyl (C=O) groups is 1. The molecule has 0 aliphatic carbocycles. The lowest BCUT2D eigenvalue weighted by Crippen LogP contribution is -2.40. The van der Waals surface area contributed by atoms with Gasteiger partial charge in [0.1, 0.15) is 5.52 Å². The summed E-state index contributed by atoms with van der Waals surface area (Å²) in [5, 5.41) is 0.892. The minimum Gasteiger partial charge on any atom is -0.378 e. The van der Waals surface area contributed by atoms with E-state index in [4.69, 9.17) is 4.74 Å². The smallest absolute Gasteiger partial charge is 0.274 e. The molecule has 170 valence electrons. The molecule has 8 heteroatoms. The van der Waals surface area contributed by atoms with E-state index in [1.54, 1.807) is 17.1 Å². The normalized spacial score (nSPS) is 14.3. The average Bonchev–Trinajstić information content (AvgIpc) is 3.48. The topological polar surface area (TPSA) is 85.2 Å². The number of aromatic amines is 1. The third kappa shape index (κ3) is 3.87. The first-order valence-electron chi connectivity index (χ1n) is 11.2.